The van der Waals surface area contributed by atoms with Crippen LogP contribution in [-0.4, -0.2) is 37.4 Å². The fourth-order valence-electron chi connectivity index (χ4n) is 1.38. The predicted octanol–water partition coefficient (Wildman–Crippen LogP) is -0.534. The minimum Gasteiger partial charge on any atom is -0.330 e. The third-order valence-electron chi connectivity index (χ3n) is 2.04. The fraction of sp³-hybridized carbons (Fsp3) is 0.857. The maximum Gasteiger partial charge on any atom is 0.133 e. The number of hydrogen-bond acceptors (Lipinski definition) is 3. The van der Waals surface area contributed by atoms with E-state index in [9.17, 15) is 4.79 Å². The molecule has 0 radical (unpaired) electrons. The molecule has 0 bridgehead atoms. The van der Waals surface area contributed by atoms with Crippen LogP contribution in [0.2, 0.25) is 0 Å². The fourth-order valence-corrected chi connectivity index (χ4v) is 1.38. The molecule has 0 aromatic rings. The molecule has 0 aromatic carbocycles. The first-order valence-electron chi connectivity index (χ1n) is 3.73. The minimum atomic E-state index is 0.580. The number of likely N-dealkylation sites (tertiary alicyclic amines) is 1. The largest absolute Gasteiger partial charge is 0.330 e. The highest BCUT2D eigenvalue weighted by Gasteiger charge is 2.19. The monoisotopic (exact) mass is 142 g/mol. The SMILES string of the molecule is NCC1CCN(CC=O)C1. The van der Waals surface area contributed by atoms with Gasteiger partial charge in [-0.3, -0.25) is 4.90 Å². The number of rotatable bonds is 3. The van der Waals surface area contributed by atoms with Gasteiger partial charge in [0.2, 0.25) is 0 Å². The van der Waals surface area contributed by atoms with Crippen LogP contribution in [-0.2, 0) is 4.79 Å². The van der Waals surface area contributed by atoms with Crippen molar-refractivity contribution in [2.75, 3.05) is 26.2 Å². The summed E-state index contributed by atoms with van der Waals surface area (Å²) in [7, 11) is 0. The highest BCUT2D eigenvalue weighted by atomic mass is 16.1. The molecule has 1 fully saturated rings. The quantitative estimate of drug-likeness (QED) is 0.539. The van der Waals surface area contributed by atoms with E-state index in [1.807, 2.05) is 0 Å². The lowest BCUT2D eigenvalue weighted by atomic mass is 10.1. The summed E-state index contributed by atoms with van der Waals surface area (Å²) in [6.07, 6.45) is 2.11. The maximum atomic E-state index is 10.1. The van der Waals surface area contributed by atoms with Crippen molar-refractivity contribution in [2.24, 2.45) is 11.7 Å². The normalized spacial score (nSPS) is 27.1. The second-order valence-electron chi connectivity index (χ2n) is 2.82. The van der Waals surface area contributed by atoms with Crippen LogP contribution in [0.4, 0.5) is 0 Å². The summed E-state index contributed by atoms with van der Waals surface area (Å²) < 4.78 is 0. The first-order valence-corrected chi connectivity index (χ1v) is 3.73. The Kier molecular flexibility index (Phi) is 2.83. The number of carbonyl (C=O) groups is 1. The van der Waals surface area contributed by atoms with Gasteiger partial charge in [0, 0.05) is 6.54 Å². The van der Waals surface area contributed by atoms with Crippen molar-refractivity contribution in [3.63, 3.8) is 0 Å². The van der Waals surface area contributed by atoms with Gasteiger partial charge in [0.1, 0.15) is 6.29 Å². The zero-order valence-electron chi connectivity index (χ0n) is 6.12. The second kappa shape index (κ2) is 3.68. The van der Waals surface area contributed by atoms with E-state index in [1.165, 1.54) is 0 Å². The van der Waals surface area contributed by atoms with Gasteiger partial charge in [0.05, 0.1) is 6.54 Å². The molecule has 58 valence electrons. The van der Waals surface area contributed by atoms with Gasteiger partial charge in [-0.2, -0.15) is 0 Å². The predicted molar refractivity (Wildman–Crippen MR) is 39.7 cm³/mol. The molecule has 1 saturated heterocycles. The van der Waals surface area contributed by atoms with Crippen molar-refractivity contribution in [1.82, 2.24) is 4.90 Å². The van der Waals surface area contributed by atoms with Crippen molar-refractivity contribution in [3.05, 3.63) is 0 Å². The summed E-state index contributed by atoms with van der Waals surface area (Å²) in [6, 6.07) is 0. The smallest absolute Gasteiger partial charge is 0.133 e. The molecular weight excluding hydrogens is 128 g/mol. The number of nitrogens with two attached hydrogens (primary N) is 1. The lowest BCUT2D eigenvalue weighted by Gasteiger charge is -2.10. The van der Waals surface area contributed by atoms with Crippen LogP contribution in [0.3, 0.4) is 0 Å². The molecule has 1 heterocycles. The molecule has 3 nitrogen and oxygen atoms in total. The Balaban J connectivity index is 2.21. The van der Waals surface area contributed by atoms with Crippen molar-refractivity contribution < 1.29 is 4.79 Å². The average molecular weight is 142 g/mol. The van der Waals surface area contributed by atoms with Crippen LogP contribution in [0.25, 0.3) is 0 Å². The molecule has 0 spiro atoms. The van der Waals surface area contributed by atoms with Crippen LogP contribution < -0.4 is 5.73 Å². The van der Waals surface area contributed by atoms with Gasteiger partial charge in [-0.1, -0.05) is 0 Å². The number of nitrogens with zero attached hydrogens (tertiary/aromatic N) is 1. The molecule has 1 unspecified atom stereocenters. The lowest BCUT2D eigenvalue weighted by molar-refractivity contribution is -0.108. The standard InChI is InChI=1S/C7H14N2O/c8-5-7-1-2-9(6-7)3-4-10/h4,7H,1-3,5-6,8H2. The summed E-state index contributed by atoms with van der Waals surface area (Å²) in [5, 5.41) is 0. The van der Waals surface area contributed by atoms with Gasteiger partial charge in [0.25, 0.3) is 0 Å². The van der Waals surface area contributed by atoms with Crippen molar-refractivity contribution >= 4 is 6.29 Å². The molecule has 3 heteroatoms. The van der Waals surface area contributed by atoms with Gasteiger partial charge in [-0.15, -0.1) is 0 Å². The zero-order chi connectivity index (χ0) is 7.40. The van der Waals surface area contributed by atoms with Crippen LogP contribution >= 0.6 is 0 Å². The first-order chi connectivity index (χ1) is 4.86. The van der Waals surface area contributed by atoms with E-state index in [2.05, 4.69) is 4.90 Å². The third kappa shape index (κ3) is 1.78. The van der Waals surface area contributed by atoms with Crippen molar-refractivity contribution in [1.29, 1.82) is 0 Å². The van der Waals surface area contributed by atoms with E-state index in [0.717, 1.165) is 32.3 Å². The Hall–Kier alpha value is -0.410. The summed E-state index contributed by atoms with van der Waals surface area (Å²) >= 11 is 0. The van der Waals surface area contributed by atoms with E-state index < -0.39 is 0 Å². The highest BCUT2D eigenvalue weighted by Crippen LogP contribution is 2.12. The zero-order valence-corrected chi connectivity index (χ0v) is 6.12. The Morgan fingerprint density at radius 2 is 2.50 bits per heavy atom. The van der Waals surface area contributed by atoms with Crippen LogP contribution in [0.1, 0.15) is 6.42 Å². The minimum absolute atomic E-state index is 0.580. The molecule has 0 aliphatic carbocycles. The summed E-state index contributed by atoms with van der Waals surface area (Å²) in [5.74, 6) is 0.625. The highest BCUT2D eigenvalue weighted by molar-refractivity contribution is 5.52. The van der Waals surface area contributed by atoms with Gasteiger partial charge < -0.3 is 10.5 Å². The van der Waals surface area contributed by atoms with E-state index in [-0.39, 0.29) is 0 Å². The molecule has 2 N–H and O–H groups in total. The molecule has 0 aromatic heterocycles. The number of carbonyl (C=O) groups excluding carboxylic acids is 1. The molecule has 1 rings (SSSR count). The molecule has 1 atom stereocenters. The summed E-state index contributed by atoms with van der Waals surface area (Å²) in [6.45, 7) is 3.39. The van der Waals surface area contributed by atoms with Gasteiger partial charge >= 0.3 is 0 Å². The summed E-state index contributed by atoms with van der Waals surface area (Å²) in [5.41, 5.74) is 5.48. The van der Waals surface area contributed by atoms with Crippen LogP contribution in [0, 0.1) is 5.92 Å². The Morgan fingerprint density at radius 1 is 1.70 bits per heavy atom. The third-order valence-corrected chi connectivity index (χ3v) is 2.04. The van der Waals surface area contributed by atoms with Crippen LogP contribution in [0.5, 0.6) is 0 Å². The van der Waals surface area contributed by atoms with Gasteiger partial charge in [0.15, 0.2) is 0 Å². The molecule has 0 amide bonds. The second-order valence-corrected chi connectivity index (χ2v) is 2.82. The maximum absolute atomic E-state index is 10.1. The van der Waals surface area contributed by atoms with Gasteiger partial charge in [-0.25, -0.2) is 0 Å². The Labute approximate surface area is 61.2 Å². The van der Waals surface area contributed by atoms with E-state index >= 15 is 0 Å². The first kappa shape index (κ1) is 7.69. The summed E-state index contributed by atoms with van der Waals surface area (Å²) in [4.78, 5) is 12.2. The Morgan fingerprint density at radius 3 is 3.00 bits per heavy atom. The van der Waals surface area contributed by atoms with E-state index in [0.29, 0.717) is 12.5 Å². The van der Waals surface area contributed by atoms with E-state index in [4.69, 9.17) is 5.73 Å². The van der Waals surface area contributed by atoms with Crippen LogP contribution in [0.15, 0.2) is 0 Å². The van der Waals surface area contributed by atoms with Crippen molar-refractivity contribution in [3.8, 4) is 0 Å². The number of aldehydes is 1. The van der Waals surface area contributed by atoms with E-state index in [1.54, 1.807) is 0 Å². The Bertz CT molecular complexity index is 116. The molecule has 1 aliphatic heterocycles. The average Bonchev–Trinajstić information content (AvgIpc) is 2.37. The van der Waals surface area contributed by atoms with Gasteiger partial charge in [-0.05, 0) is 25.4 Å². The van der Waals surface area contributed by atoms with Crippen molar-refractivity contribution in [2.45, 2.75) is 6.42 Å². The topological polar surface area (TPSA) is 46.3 Å². The molecule has 1 aliphatic rings. The lowest BCUT2D eigenvalue weighted by Crippen LogP contribution is -2.24. The molecular formula is C7H14N2O. The molecule has 10 heavy (non-hydrogen) atoms. The number of hydrogen-bond donors (Lipinski definition) is 1. The molecule has 0 saturated carbocycles.